The van der Waals surface area contributed by atoms with Gasteiger partial charge < -0.3 is 29.7 Å². The highest BCUT2D eigenvalue weighted by molar-refractivity contribution is 5.86. The fraction of sp³-hybridized carbons (Fsp3) is 0.240. The van der Waals surface area contributed by atoms with E-state index in [9.17, 15) is 20.1 Å². The minimum absolute atomic E-state index is 0.0707. The summed E-state index contributed by atoms with van der Waals surface area (Å²) in [7, 11) is 0. The maximum Gasteiger partial charge on any atom is 0.323 e. The maximum absolute atomic E-state index is 11.5. The second kappa shape index (κ2) is 9.06. The molecule has 2 aromatic carbocycles. The van der Waals surface area contributed by atoms with Crippen LogP contribution in [0.2, 0.25) is 0 Å². The van der Waals surface area contributed by atoms with Crippen molar-refractivity contribution in [3.05, 3.63) is 60.6 Å². The smallest absolute Gasteiger partial charge is 0.323 e. The molecule has 12 heteroatoms. The molecule has 1 saturated heterocycles. The van der Waals surface area contributed by atoms with E-state index in [-0.39, 0.29) is 18.9 Å². The number of hydrogen-bond donors (Lipinski definition) is 3. The molecule has 3 aromatic heterocycles. The number of carboxylic acid groups (broad SMARTS) is 1. The van der Waals surface area contributed by atoms with Gasteiger partial charge in [0, 0.05) is 37.3 Å². The topological polar surface area (TPSA) is 146 Å². The van der Waals surface area contributed by atoms with Crippen LogP contribution in [0.3, 0.4) is 0 Å². The van der Waals surface area contributed by atoms with Crippen molar-refractivity contribution in [1.29, 1.82) is 0 Å². The number of phenolic OH excluding ortho intramolecular Hbond substituents is 1. The van der Waals surface area contributed by atoms with Crippen molar-refractivity contribution in [2.24, 2.45) is 0 Å². The van der Waals surface area contributed by atoms with E-state index in [0.717, 1.165) is 35.2 Å². The zero-order chi connectivity index (χ0) is 25.5. The molecule has 0 radical (unpaired) electrons. The molecule has 1 aliphatic heterocycles. The predicted octanol–water partition coefficient (Wildman–Crippen LogP) is 1.77. The molecule has 0 spiro atoms. The third kappa shape index (κ3) is 4.16. The van der Waals surface area contributed by atoms with Crippen molar-refractivity contribution >= 4 is 39.7 Å². The summed E-state index contributed by atoms with van der Waals surface area (Å²) >= 11 is 0. The van der Waals surface area contributed by atoms with E-state index in [1.165, 1.54) is 10.9 Å². The van der Waals surface area contributed by atoms with Gasteiger partial charge in [-0.05, 0) is 42.0 Å². The number of carboxylic acids is 1. The number of benzene rings is 2. The Morgan fingerprint density at radius 3 is 2.46 bits per heavy atom. The minimum atomic E-state index is -0.996. The first-order valence-electron chi connectivity index (χ1n) is 11.8. The van der Waals surface area contributed by atoms with E-state index in [4.69, 9.17) is 9.97 Å². The number of anilines is 2. The Bertz CT molecular complexity index is 1600. The van der Waals surface area contributed by atoms with E-state index in [0.29, 0.717) is 36.0 Å². The number of aliphatic hydroxyl groups excluding tert-OH is 1. The van der Waals surface area contributed by atoms with Crippen molar-refractivity contribution in [2.75, 3.05) is 36.0 Å². The molecule has 3 N–H and O–H groups in total. The quantitative estimate of drug-likeness (QED) is 0.315. The largest absolute Gasteiger partial charge is 0.508 e. The molecule has 0 unspecified atom stereocenters. The SMILES string of the molecule is O=C(O)Cn1cnc2c(-n3ncc4cc(CO)ccc43)nc(N3CCN(c4ccc(O)cc4)CC3)nc21. The molecule has 0 saturated carbocycles. The Balaban J connectivity index is 1.40. The lowest BCUT2D eigenvalue weighted by Gasteiger charge is -2.36. The molecule has 0 atom stereocenters. The molecule has 1 fully saturated rings. The number of imidazole rings is 1. The van der Waals surface area contributed by atoms with E-state index in [1.54, 1.807) is 23.0 Å². The first-order valence-corrected chi connectivity index (χ1v) is 11.8. The second-order valence-corrected chi connectivity index (χ2v) is 8.88. The predicted molar refractivity (Wildman–Crippen MR) is 136 cm³/mol. The summed E-state index contributed by atoms with van der Waals surface area (Å²) in [6.07, 6.45) is 3.16. The summed E-state index contributed by atoms with van der Waals surface area (Å²) in [5.41, 5.74) is 3.45. The molecule has 1 aliphatic rings. The van der Waals surface area contributed by atoms with Gasteiger partial charge in [0.1, 0.15) is 12.3 Å². The van der Waals surface area contributed by atoms with Crippen molar-refractivity contribution in [3.8, 4) is 11.6 Å². The number of aliphatic carboxylic acids is 1. The van der Waals surface area contributed by atoms with E-state index in [2.05, 4.69) is 19.9 Å². The number of aromatic nitrogens is 6. The summed E-state index contributed by atoms with van der Waals surface area (Å²) in [5.74, 6) is 0.158. The fourth-order valence-corrected chi connectivity index (χ4v) is 4.65. The van der Waals surface area contributed by atoms with Gasteiger partial charge in [0.05, 0.1) is 24.6 Å². The number of aliphatic hydroxyl groups is 1. The van der Waals surface area contributed by atoms with E-state index in [1.807, 2.05) is 30.3 Å². The lowest BCUT2D eigenvalue weighted by molar-refractivity contribution is -0.137. The Morgan fingerprint density at radius 2 is 1.73 bits per heavy atom. The van der Waals surface area contributed by atoms with Crippen LogP contribution in [0.15, 0.2) is 55.0 Å². The van der Waals surface area contributed by atoms with E-state index >= 15 is 0 Å². The van der Waals surface area contributed by atoms with Crippen molar-refractivity contribution in [3.63, 3.8) is 0 Å². The van der Waals surface area contributed by atoms with Crippen LogP contribution in [0.1, 0.15) is 5.56 Å². The molecule has 6 rings (SSSR count). The van der Waals surface area contributed by atoms with Gasteiger partial charge in [-0.1, -0.05) is 6.07 Å². The molecule has 0 amide bonds. The van der Waals surface area contributed by atoms with Gasteiger partial charge in [0.25, 0.3) is 0 Å². The molecular weight excluding hydrogens is 476 g/mol. The van der Waals surface area contributed by atoms with Crippen LogP contribution in [0.25, 0.3) is 27.9 Å². The number of phenols is 1. The van der Waals surface area contributed by atoms with Crippen molar-refractivity contribution in [2.45, 2.75) is 13.2 Å². The first kappa shape index (κ1) is 22.7. The molecule has 12 nitrogen and oxygen atoms in total. The lowest BCUT2D eigenvalue weighted by atomic mass is 10.2. The average molecular weight is 501 g/mol. The molecule has 0 bridgehead atoms. The van der Waals surface area contributed by atoms with Gasteiger partial charge in [-0.15, -0.1) is 0 Å². The number of aromatic hydroxyl groups is 1. The Labute approximate surface area is 210 Å². The van der Waals surface area contributed by atoms with Gasteiger partial charge in [-0.3, -0.25) is 4.79 Å². The summed E-state index contributed by atoms with van der Waals surface area (Å²) in [6.45, 7) is 2.41. The van der Waals surface area contributed by atoms with Gasteiger partial charge in [-0.25, -0.2) is 9.67 Å². The van der Waals surface area contributed by atoms with Gasteiger partial charge in [-0.2, -0.15) is 15.1 Å². The molecule has 0 aliphatic carbocycles. The highest BCUT2D eigenvalue weighted by atomic mass is 16.4. The number of nitrogens with zero attached hydrogens (tertiary/aromatic N) is 8. The van der Waals surface area contributed by atoms with Crippen LogP contribution in [0.4, 0.5) is 11.6 Å². The highest BCUT2D eigenvalue weighted by Crippen LogP contribution is 2.27. The summed E-state index contributed by atoms with van der Waals surface area (Å²) < 4.78 is 3.17. The lowest BCUT2D eigenvalue weighted by Crippen LogP contribution is -2.47. The summed E-state index contributed by atoms with van der Waals surface area (Å²) in [4.78, 5) is 29.8. The highest BCUT2D eigenvalue weighted by Gasteiger charge is 2.24. The molecule has 5 aromatic rings. The molecular formula is C25H24N8O4. The molecule has 188 valence electrons. The van der Waals surface area contributed by atoms with Crippen LogP contribution < -0.4 is 9.80 Å². The Morgan fingerprint density at radius 1 is 0.973 bits per heavy atom. The third-order valence-electron chi connectivity index (χ3n) is 6.53. The van der Waals surface area contributed by atoms with Crippen LogP contribution in [0.5, 0.6) is 5.75 Å². The number of rotatable bonds is 6. The number of hydrogen-bond acceptors (Lipinski definition) is 9. The average Bonchev–Trinajstić information content (AvgIpc) is 3.52. The zero-order valence-electron chi connectivity index (χ0n) is 19.8. The monoisotopic (exact) mass is 500 g/mol. The number of carbonyl (C=O) groups is 1. The normalized spacial score (nSPS) is 14.1. The Hall–Kier alpha value is -4.71. The standard InChI is InChI=1S/C25H24N8O4/c34-14-16-1-6-20-17(11-16)12-27-33(20)24-22-23(32(15-26-22)13-21(36)37)28-25(29-24)31-9-7-30(8-10-31)18-2-4-19(35)5-3-18/h1-6,11-12,15,34-35H,7-10,13-14H2,(H,36,37). The van der Waals surface area contributed by atoms with Crippen LogP contribution in [-0.2, 0) is 17.9 Å². The first-order chi connectivity index (χ1) is 18.0. The van der Waals surface area contributed by atoms with Crippen molar-refractivity contribution in [1.82, 2.24) is 29.3 Å². The van der Waals surface area contributed by atoms with Crippen LogP contribution in [0, 0.1) is 0 Å². The van der Waals surface area contributed by atoms with Gasteiger partial charge in [0.2, 0.25) is 5.95 Å². The fourth-order valence-electron chi connectivity index (χ4n) is 4.65. The molecule has 37 heavy (non-hydrogen) atoms. The summed E-state index contributed by atoms with van der Waals surface area (Å²) in [6, 6.07) is 12.7. The van der Waals surface area contributed by atoms with Crippen LogP contribution >= 0.6 is 0 Å². The van der Waals surface area contributed by atoms with E-state index < -0.39 is 5.97 Å². The maximum atomic E-state index is 11.5. The van der Waals surface area contributed by atoms with Crippen molar-refractivity contribution < 1.29 is 20.1 Å². The summed E-state index contributed by atoms with van der Waals surface area (Å²) in [5, 5.41) is 33.9. The van der Waals surface area contributed by atoms with Crippen LogP contribution in [-0.4, -0.2) is 76.8 Å². The zero-order valence-corrected chi connectivity index (χ0v) is 19.8. The Kier molecular flexibility index (Phi) is 5.57. The number of piperazine rings is 1. The second-order valence-electron chi connectivity index (χ2n) is 8.88. The third-order valence-corrected chi connectivity index (χ3v) is 6.53. The number of fused-ring (bicyclic) bond motifs is 2. The van der Waals surface area contributed by atoms with Gasteiger partial charge in [0.15, 0.2) is 17.0 Å². The molecule has 4 heterocycles. The van der Waals surface area contributed by atoms with Gasteiger partial charge >= 0.3 is 5.97 Å². The minimum Gasteiger partial charge on any atom is -0.508 e.